The van der Waals surface area contributed by atoms with Crippen LogP contribution in [0.5, 0.6) is 0 Å². The van der Waals surface area contributed by atoms with Gasteiger partial charge in [0.25, 0.3) is 0 Å². The SMILES string of the molecule is C[C@H](NCCC(=O)N1CCN(c2ccccc2)CC1)c1ccccn1. The van der Waals surface area contributed by atoms with E-state index in [1.54, 1.807) is 6.20 Å². The van der Waals surface area contributed by atoms with Gasteiger partial charge in [0.05, 0.1) is 5.69 Å². The molecule has 25 heavy (non-hydrogen) atoms. The molecule has 0 unspecified atom stereocenters. The van der Waals surface area contributed by atoms with Crippen LogP contribution < -0.4 is 10.2 Å². The molecule has 1 aromatic carbocycles. The molecule has 1 amide bonds. The third-order valence-corrected chi connectivity index (χ3v) is 4.67. The number of piperazine rings is 1. The maximum Gasteiger partial charge on any atom is 0.223 e. The molecule has 3 rings (SSSR count). The van der Waals surface area contributed by atoms with Crippen molar-refractivity contribution in [1.82, 2.24) is 15.2 Å². The monoisotopic (exact) mass is 338 g/mol. The van der Waals surface area contributed by atoms with Crippen molar-refractivity contribution in [3.05, 3.63) is 60.4 Å². The predicted molar refractivity (Wildman–Crippen MR) is 101 cm³/mol. The first-order chi connectivity index (χ1) is 12.2. The second-order valence-electron chi connectivity index (χ2n) is 6.38. The number of aromatic nitrogens is 1. The maximum atomic E-state index is 12.4. The lowest BCUT2D eigenvalue weighted by Crippen LogP contribution is -2.49. The van der Waals surface area contributed by atoms with E-state index in [0.29, 0.717) is 13.0 Å². The van der Waals surface area contributed by atoms with Crippen molar-refractivity contribution in [3.63, 3.8) is 0 Å². The molecule has 0 aliphatic carbocycles. The summed E-state index contributed by atoms with van der Waals surface area (Å²) in [4.78, 5) is 21.1. The lowest BCUT2D eigenvalue weighted by molar-refractivity contribution is -0.131. The van der Waals surface area contributed by atoms with Gasteiger partial charge in [0.15, 0.2) is 0 Å². The summed E-state index contributed by atoms with van der Waals surface area (Å²) in [5.74, 6) is 0.230. The summed E-state index contributed by atoms with van der Waals surface area (Å²) >= 11 is 0. The highest BCUT2D eigenvalue weighted by molar-refractivity contribution is 5.76. The Balaban J connectivity index is 1.39. The van der Waals surface area contributed by atoms with Gasteiger partial charge in [-0.25, -0.2) is 0 Å². The smallest absolute Gasteiger partial charge is 0.223 e. The van der Waals surface area contributed by atoms with Crippen molar-refractivity contribution in [2.45, 2.75) is 19.4 Å². The fourth-order valence-electron chi connectivity index (χ4n) is 3.14. The second kappa shape index (κ2) is 8.62. The van der Waals surface area contributed by atoms with Crippen LogP contribution in [0, 0.1) is 0 Å². The van der Waals surface area contributed by atoms with Crippen LogP contribution in [-0.4, -0.2) is 48.5 Å². The number of benzene rings is 1. The van der Waals surface area contributed by atoms with Crippen LogP contribution >= 0.6 is 0 Å². The van der Waals surface area contributed by atoms with E-state index in [0.717, 1.165) is 31.9 Å². The number of amides is 1. The van der Waals surface area contributed by atoms with Crippen molar-refractivity contribution < 1.29 is 4.79 Å². The molecule has 5 nitrogen and oxygen atoms in total. The Morgan fingerprint density at radius 1 is 1.08 bits per heavy atom. The molecule has 5 heteroatoms. The zero-order valence-corrected chi connectivity index (χ0v) is 14.8. The number of carbonyl (C=O) groups excluding carboxylic acids is 1. The van der Waals surface area contributed by atoms with Gasteiger partial charge in [-0.05, 0) is 31.2 Å². The van der Waals surface area contributed by atoms with Crippen molar-refractivity contribution in [2.24, 2.45) is 0 Å². The molecule has 1 aromatic heterocycles. The largest absolute Gasteiger partial charge is 0.368 e. The fraction of sp³-hybridized carbons (Fsp3) is 0.400. The molecular weight excluding hydrogens is 312 g/mol. The van der Waals surface area contributed by atoms with E-state index in [4.69, 9.17) is 0 Å². The number of anilines is 1. The third-order valence-electron chi connectivity index (χ3n) is 4.67. The van der Waals surface area contributed by atoms with Gasteiger partial charge in [-0.1, -0.05) is 24.3 Å². The Hall–Kier alpha value is -2.40. The Morgan fingerprint density at radius 3 is 2.48 bits per heavy atom. The molecule has 1 atom stereocenters. The lowest BCUT2D eigenvalue weighted by Gasteiger charge is -2.36. The van der Waals surface area contributed by atoms with E-state index in [2.05, 4.69) is 46.4 Å². The minimum absolute atomic E-state index is 0.156. The molecule has 1 N–H and O–H groups in total. The number of hydrogen-bond donors (Lipinski definition) is 1. The highest BCUT2D eigenvalue weighted by Gasteiger charge is 2.21. The number of carbonyl (C=O) groups is 1. The Morgan fingerprint density at radius 2 is 1.80 bits per heavy atom. The zero-order valence-electron chi connectivity index (χ0n) is 14.8. The van der Waals surface area contributed by atoms with Gasteiger partial charge < -0.3 is 15.1 Å². The number of hydrogen-bond acceptors (Lipinski definition) is 4. The molecule has 0 radical (unpaired) electrons. The molecule has 132 valence electrons. The Labute approximate surface area is 149 Å². The van der Waals surface area contributed by atoms with E-state index in [1.807, 2.05) is 29.2 Å². The number of nitrogens with one attached hydrogen (secondary N) is 1. The molecule has 1 aliphatic rings. The van der Waals surface area contributed by atoms with Gasteiger partial charge in [0.1, 0.15) is 0 Å². The van der Waals surface area contributed by atoms with Crippen LogP contribution in [0.3, 0.4) is 0 Å². The summed E-state index contributed by atoms with van der Waals surface area (Å²) < 4.78 is 0. The van der Waals surface area contributed by atoms with Gasteiger partial charge in [0, 0.05) is 57.1 Å². The van der Waals surface area contributed by atoms with Gasteiger partial charge in [-0.2, -0.15) is 0 Å². The first-order valence-electron chi connectivity index (χ1n) is 8.96. The normalized spacial score (nSPS) is 15.9. The summed E-state index contributed by atoms with van der Waals surface area (Å²) in [5.41, 5.74) is 2.24. The predicted octanol–water partition coefficient (Wildman–Crippen LogP) is 2.47. The number of para-hydroxylation sites is 1. The zero-order chi connectivity index (χ0) is 17.5. The number of nitrogens with zero attached hydrogens (tertiary/aromatic N) is 3. The molecular formula is C20H26N4O. The van der Waals surface area contributed by atoms with Crippen molar-refractivity contribution in [1.29, 1.82) is 0 Å². The first kappa shape index (κ1) is 17.4. The highest BCUT2D eigenvalue weighted by atomic mass is 16.2. The van der Waals surface area contributed by atoms with Gasteiger partial charge >= 0.3 is 0 Å². The van der Waals surface area contributed by atoms with Gasteiger partial charge in [-0.3, -0.25) is 9.78 Å². The molecule has 2 heterocycles. The van der Waals surface area contributed by atoms with Crippen LogP contribution in [0.25, 0.3) is 0 Å². The molecule has 1 saturated heterocycles. The van der Waals surface area contributed by atoms with Crippen molar-refractivity contribution >= 4 is 11.6 Å². The summed E-state index contributed by atoms with van der Waals surface area (Å²) in [6.07, 6.45) is 2.33. The minimum atomic E-state index is 0.156. The van der Waals surface area contributed by atoms with Crippen molar-refractivity contribution in [2.75, 3.05) is 37.6 Å². The fourth-order valence-corrected chi connectivity index (χ4v) is 3.14. The second-order valence-corrected chi connectivity index (χ2v) is 6.38. The summed E-state index contributed by atoms with van der Waals surface area (Å²) in [5, 5.41) is 3.38. The highest BCUT2D eigenvalue weighted by Crippen LogP contribution is 2.16. The minimum Gasteiger partial charge on any atom is -0.368 e. The van der Waals surface area contributed by atoms with E-state index in [-0.39, 0.29) is 11.9 Å². The van der Waals surface area contributed by atoms with Gasteiger partial charge in [-0.15, -0.1) is 0 Å². The summed E-state index contributed by atoms with van der Waals surface area (Å²) in [6.45, 7) is 6.13. The maximum absolute atomic E-state index is 12.4. The molecule has 1 aliphatic heterocycles. The first-order valence-corrected chi connectivity index (χ1v) is 8.96. The van der Waals surface area contributed by atoms with Crippen LogP contribution in [0.4, 0.5) is 5.69 Å². The van der Waals surface area contributed by atoms with E-state index < -0.39 is 0 Å². The standard InChI is InChI=1S/C20H26N4O/c1-17(19-9-5-6-11-22-19)21-12-10-20(25)24-15-13-23(14-16-24)18-7-3-2-4-8-18/h2-9,11,17,21H,10,12-16H2,1H3/t17-/m0/s1. The Kier molecular flexibility index (Phi) is 6.01. The average Bonchev–Trinajstić information content (AvgIpc) is 2.69. The number of rotatable bonds is 6. The molecule has 1 fully saturated rings. The summed E-state index contributed by atoms with van der Waals surface area (Å²) in [6, 6.07) is 16.4. The molecule has 0 spiro atoms. The van der Waals surface area contributed by atoms with Crippen molar-refractivity contribution in [3.8, 4) is 0 Å². The van der Waals surface area contributed by atoms with E-state index in [1.165, 1.54) is 5.69 Å². The number of pyridine rings is 1. The van der Waals surface area contributed by atoms with Crippen LogP contribution in [0.15, 0.2) is 54.7 Å². The Bertz CT molecular complexity index is 654. The third kappa shape index (κ3) is 4.79. The topological polar surface area (TPSA) is 48.5 Å². The molecule has 0 bridgehead atoms. The van der Waals surface area contributed by atoms with Crippen LogP contribution in [0.1, 0.15) is 25.1 Å². The van der Waals surface area contributed by atoms with E-state index in [9.17, 15) is 4.79 Å². The van der Waals surface area contributed by atoms with Gasteiger partial charge in [0.2, 0.25) is 5.91 Å². The average molecular weight is 338 g/mol. The van der Waals surface area contributed by atoms with Crippen LogP contribution in [0.2, 0.25) is 0 Å². The lowest BCUT2D eigenvalue weighted by atomic mass is 10.2. The molecule has 0 saturated carbocycles. The summed E-state index contributed by atoms with van der Waals surface area (Å²) in [7, 11) is 0. The molecule has 2 aromatic rings. The van der Waals surface area contributed by atoms with E-state index >= 15 is 0 Å². The quantitative estimate of drug-likeness (QED) is 0.879. The van der Waals surface area contributed by atoms with Crippen LogP contribution in [-0.2, 0) is 4.79 Å².